The topological polar surface area (TPSA) is 58.6 Å². The molecule has 0 aliphatic carbocycles. The summed E-state index contributed by atoms with van der Waals surface area (Å²) >= 11 is 0. The van der Waals surface area contributed by atoms with Crippen LogP contribution in [0.4, 0.5) is 5.69 Å². The summed E-state index contributed by atoms with van der Waals surface area (Å²) in [6.07, 6.45) is -0.175. The van der Waals surface area contributed by atoms with Crippen molar-refractivity contribution in [2.45, 2.75) is 19.4 Å². The van der Waals surface area contributed by atoms with E-state index in [-0.39, 0.29) is 11.8 Å². The maximum absolute atomic E-state index is 12.8. The smallest absolute Gasteiger partial charge is 0.265 e. The van der Waals surface area contributed by atoms with Crippen molar-refractivity contribution in [3.63, 3.8) is 0 Å². The van der Waals surface area contributed by atoms with Gasteiger partial charge in [0.2, 0.25) is 0 Å². The lowest BCUT2D eigenvalue weighted by Gasteiger charge is -2.19. The van der Waals surface area contributed by atoms with Crippen molar-refractivity contribution in [1.82, 2.24) is 4.90 Å². The molecule has 0 heterocycles. The van der Waals surface area contributed by atoms with Crippen LogP contribution < -0.4 is 10.1 Å². The van der Waals surface area contributed by atoms with E-state index in [1.807, 2.05) is 61.5 Å². The van der Waals surface area contributed by atoms with Crippen molar-refractivity contribution in [3.8, 4) is 16.9 Å². The van der Waals surface area contributed by atoms with Crippen LogP contribution in [0.1, 0.15) is 23.7 Å². The van der Waals surface area contributed by atoms with Crippen LogP contribution in [0.5, 0.6) is 5.75 Å². The molecule has 0 bridgehead atoms. The van der Waals surface area contributed by atoms with Gasteiger partial charge in [-0.25, -0.2) is 0 Å². The summed E-state index contributed by atoms with van der Waals surface area (Å²) < 4.78 is 5.93. The highest BCUT2D eigenvalue weighted by atomic mass is 16.5. The monoisotopic (exact) mass is 402 g/mol. The number of ether oxygens (including phenoxy) is 1. The Morgan fingerprint density at radius 3 is 2.10 bits per heavy atom. The average molecular weight is 402 g/mol. The molecule has 0 fully saturated rings. The first kappa shape index (κ1) is 21.1. The lowest BCUT2D eigenvalue weighted by Crippen LogP contribution is -2.33. The van der Waals surface area contributed by atoms with Gasteiger partial charge in [-0.1, -0.05) is 61.5 Å². The van der Waals surface area contributed by atoms with Gasteiger partial charge in [0.25, 0.3) is 11.8 Å². The number of para-hydroxylation sites is 1. The second-order valence-electron chi connectivity index (χ2n) is 7.14. The van der Waals surface area contributed by atoms with Crippen molar-refractivity contribution >= 4 is 17.5 Å². The Bertz CT molecular complexity index is 998. The van der Waals surface area contributed by atoms with Crippen LogP contribution in [0, 0.1) is 0 Å². The number of hydrogen-bond acceptors (Lipinski definition) is 3. The number of benzene rings is 3. The fourth-order valence-corrected chi connectivity index (χ4v) is 3.08. The van der Waals surface area contributed by atoms with E-state index in [4.69, 9.17) is 4.74 Å². The third-order valence-electron chi connectivity index (χ3n) is 4.72. The highest BCUT2D eigenvalue weighted by Gasteiger charge is 2.21. The van der Waals surface area contributed by atoms with Gasteiger partial charge in [0.15, 0.2) is 6.10 Å². The van der Waals surface area contributed by atoms with E-state index < -0.39 is 6.10 Å². The number of nitrogens with zero attached hydrogens (tertiary/aromatic N) is 1. The Morgan fingerprint density at radius 2 is 1.47 bits per heavy atom. The standard InChI is InChI=1S/C25H26N2O3/c1-4-23(24(28)26-22-13-9-8-12-21(22)25(29)27(2)3)30-20-16-14-19(15-17-20)18-10-6-5-7-11-18/h5-17,23H,4H2,1-3H3,(H,26,28). The van der Waals surface area contributed by atoms with Gasteiger partial charge in [-0.2, -0.15) is 0 Å². The second-order valence-corrected chi connectivity index (χ2v) is 7.14. The average Bonchev–Trinajstić information content (AvgIpc) is 2.78. The van der Waals surface area contributed by atoms with E-state index in [1.54, 1.807) is 38.4 Å². The fraction of sp³-hybridized carbons (Fsp3) is 0.200. The number of rotatable bonds is 7. The molecule has 3 aromatic rings. The third-order valence-corrected chi connectivity index (χ3v) is 4.72. The first-order valence-electron chi connectivity index (χ1n) is 9.93. The molecule has 0 radical (unpaired) electrons. The van der Waals surface area contributed by atoms with E-state index >= 15 is 0 Å². The van der Waals surface area contributed by atoms with E-state index in [2.05, 4.69) is 5.32 Å². The summed E-state index contributed by atoms with van der Waals surface area (Å²) in [4.78, 5) is 26.7. The molecule has 0 aliphatic rings. The SMILES string of the molecule is CCC(Oc1ccc(-c2ccccc2)cc1)C(=O)Nc1ccccc1C(=O)N(C)C. The molecular formula is C25H26N2O3. The van der Waals surface area contributed by atoms with Gasteiger partial charge in [-0.05, 0) is 41.8 Å². The normalized spacial score (nSPS) is 11.4. The summed E-state index contributed by atoms with van der Waals surface area (Å²) in [6.45, 7) is 1.89. The second kappa shape index (κ2) is 9.74. The zero-order chi connectivity index (χ0) is 21.5. The minimum absolute atomic E-state index is 0.170. The predicted octanol–water partition coefficient (Wildman–Crippen LogP) is 4.85. The lowest BCUT2D eigenvalue weighted by molar-refractivity contribution is -0.122. The van der Waals surface area contributed by atoms with Gasteiger partial charge >= 0.3 is 0 Å². The van der Waals surface area contributed by atoms with E-state index in [9.17, 15) is 9.59 Å². The van der Waals surface area contributed by atoms with Crippen LogP contribution in [-0.2, 0) is 4.79 Å². The quantitative estimate of drug-likeness (QED) is 0.614. The van der Waals surface area contributed by atoms with Crippen molar-refractivity contribution in [2.24, 2.45) is 0 Å². The number of carbonyl (C=O) groups is 2. The molecule has 1 unspecified atom stereocenters. The van der Waals surface area contributed by atoms with E-state index in [0.29, 0.717) is 23.4 Å². The van der Waals surface area contributed by atoms with Crippen LogP contribution in [-0.4, -0.2) is 36.9 Å². The maximum Gasteiger partial charge on any atom is 0.265 e. The Balaban J connectivity index is 1.71. The van der Waals surface area contributed by atoms with Gasteiger partial charge in [0.1, 0.15) is 5.75 Å². The van der Waals surface area contributed by atoms with Crippen LogP contribution in [0.15, 0.2) is 78.9 Å². The zero-order valence-electron chi connectivity index (χ0n) is 17.5. The van der Waals surface area contributed by atoms with Gasteiger partial charge in [-0.3, -0.25) is 9.59 Å². The molecule has 0 aliphatic heterocycles. The van der Waals surface area contributed by atoms with Crippen molar-refractivity contribution < 1.29 is 14.3 Å². The largest absolute Gasteiger partial charge is 0.481 e. The maximum atomic E-state index is 12.8. The minimum Gasteiger partial charge on any atom is -0.481 e. The lowest BCUT2D eigenvalue weighted by atomic mass is 10.1. The highest BCUT2D eigenvalue weighted by molar-refractivity contribution is 6.04. The number of hydrogen-bond donors (Lipinski definition) is 1. The van der Waals surface area contributed by atoms with Crippen molar-refractivity contribution in [1.29, 1.82) is 0 Å². The molecular weight excluding hydrogens is 376 g/mol. The predicted molar refractivity (Wildman–Crippen MR) is 120 cm³/mol. The zero-order valence-corrected chi connectivity index (χ0v) is 17.5. The molecule has 5 heteroatoms. The van der Waals surface area contributed by atoms with E-state index in [1.165, 1.54) is 4.90 Å². The first-order valence-corrected chi connectivity index (χ1v) is 9.93. The van der Waals surface area contributed by atoms with Crippen molar-refractivity contribution in [3.05, 3.63) is 84.4 Å². The van der Waals surface area contributed by atoms with Crippen LogP contribution in [0.3, 0.4) is 0 Å². The van der Waals surface area contributed by atoms with Crippen LogP contribution in [0.2, 0.25) is 0 Å². The number of anilines is 1. The molecule has 1 N–H and O–H groups in total. The molecule has 0 spiro atoms. The summed E-state index contributed by atoms with van der Waals surface area (Å²) in [5, 5.41) is 2.84. The van der Waals surface area contributed by atoms with Gasteiger partial charge in [-0.15, -0.1) is 0 Å². The van der Waals surface area contributed by atoms with Gasteiger partial charge < -0.3 is 15.0 Å². The highest BCUT2D eigenvalue weighted by Crippen LogP contribution is 2.24. The minimum atomic E-state index is -0.671. The summed E-state index contributed by atoms with van der Waals surface area (Å²) in [6, 6.07) is 24.7. The van der Waals surface area contributed by atoms with Gasteiger partial charge in [0, 0.05) is 14.1 Å². The molecule has 3 rings (SSSR count). The molecule has 0 saturated carbocycles. The molecule has 5 nitrogen and oxygen atoms in total. The summed E-state index contributed by atoms with van der Waals surface area (Å²) in [7, 11) is 3.36. The van der Waals surface area contributed by atoms with E-state index in [0.717, 1.165) is 11.1 Å². The molecule has 30 heavy (non-hydrogen) atoms. The van der Waals surface area contributed by atoms with Crippen molar-refractivity contribution in [2.75, 3.05) is 19.4 Å². The molecule has 0 aromatic heterocycles. The first-order chi connectivity index (χ1) is 14.5. The Labute approximate surface area is 177 Å². The number of nitrogens with one attached hydrogen (secondary N) is 1. The Kier molecular flexibility index (Phi) is 6.86. The van der Waals surface area contributed by atoms with Crippen LogP contribution >= 0.6 is 0 Å². The molecule has 1 atom stereocenters. The molecule has 2 amide bonds. The molecule has 3 aromatic carbocycles. The third kappa shape index (κ3) is 5.06. The Morgan fingerprint density at radius 1 is 0.867 bits per heavy atom. The summed E-state index contributed by atoms with van der Waals surface area (Å²) in [5.74, 6) is 0.161. The summed E-state index contributed by atoms with van der Waals surface area (Å²) in [5.41, 5.74) is 3.12. The Hall–Kier alpha value is -3.60. The van der Waals surface area contributed by atoms with Gasteiger partial charge in [0.05, 0.1) is 11.3 Å². The van der Waals surface area contributed by atoms with Crippen LogP contribution in [0.25, 0.3) is 11.1 Å². The molecule has 154 valence electrons. The number of carbonyl (C=O) groups excluding carboxylic acids is 2. The molecule has 0 saturated heterocycles. The number of amides is 2. The fourth-order valence-electron chi connectivity index (χ4n) is 3.08.